The van der Waals surface area contributed by atoms with Crippen LogP contribution in [0.15, 0.2) is 48.5 Å². The Labute approximate surface area is 174 Å². The number of benzene rings is 2. The van der Waals surface area contributed by atoms with Gasteiger partial charge < -0.3 is 15.0 Å². The van der Waals surface area contributed by atoms with E-state index < -0.39 is 0 Å². The highest BCUT2D eigenvalue weighted by Gasteiger charge is 2.24. The maximum Gasteiger partial charge on any atom is 0.253 e. The molecule has 1 aliphatic heterocycles. The van der Waals surface area contributed by atoms with Gasteiger partial charge in [-0.2, -0.15) is 0 Å². The van der Waals surface area contributed by atoms with Gasteiger partial charge in [-0.05, 0) is 43.2 Å². The molecule has 2 aromatic rings. The fourth-order valence-electron chi connectivity index (χ4n) is 3.12. The van der Waals surface area contributed by atoms with Crippen molar-refractivity contribution in [1.82, 2.24) is 10.2 Å². The number of likely N-dealkylation sites (tertiary alicyclic amines) is 1. The molecular formula is C21H22Cl2N2O3. The third-order valence-electron chi connectivity index (χ3n) is 4.65. The second kappa shape index (κ2) is 9.80. The number of hydrogen-bond acceptors (Lipinski definition) is 3. The number of para-hydroxylation sites is 1. The Hall–Kier alpha value is -2.24. The van der Waals surface area contributed by atoms with E-state index in [4.69, 9.17) is 27.9 Å². The molecule has 1 N–H and O–H groups in total. The van der Waals surface area contributed by atoms with Crippen molar-refractivity contribution in [2.45, 2.75) is 25.3 Å². The van der Waals surface area contributed by atoms with Crippen LogP contribution in [0.5, 0.6) is 5.75 Å². The van der Waals surface area contributed by atoms with Gasteiger partial charge in [0.2, 0.25) is 5.91 Å². The topological polar surface area (TPSA) is 58.6 Å². The lowest BCUT2D eigenvalue weighted by atomic mass is 10.0. The average Bonchev–Trinajstić information content (AvgIpc) is 2.71. The largest absolute Gasteiger partial charge is 0.493 e. The Bertz CT molecular complexity index is 822. The molecule has 7 heteroatoms. The molecule has 0 unspecified atom stereocenters. The van der Waals surface area contributed by atoms with Gasteiger partial charge >= 0.3 is 0 Å². The van der Waals surface area contributed by atoms with Crippen LogP contribution in [0.25, 0.3) is 0 Å². The van der Waals surface area contributed by atoms with Crippen molar-refractivity contribution >= 4 is 35.0 Å². The van der Waals surface area contributed by atoms with Crippen molar-refractivity contribution in [1.29, 1.82) is 0 Å². The highest BCUT2D eigenvalue weighted by Crippen LogP contribution is 2.24. The van der Waals surface area contributed by atoms with Crippen LogP contribution in [0, 0.1) is 0 Å². The molecule has 1 aliphatic rings. The van der Waals surface area contributed by atoms with Crippen LogP contribution < -0.4 is 10.1 Å². The lowest BCUT2D eigenvalue weighted by Crippen LogP contribution is -2.46. The van der Waals surface area contributed by atoms with E-state index in [2.05, 4.69) is 5.32 Å². The molecule has 5 nitrogen and oxygen atoms in total. The molecular weight excluding hydrogens is 399 g/mol. The van der Waals surface area contributed by atoms with Crippen LogP contribution in [0.3, 0.4) is 0 Å². The normalized spacial score (nSPS) is 14.6. The first-order valence-electron chi connectivity index (χ1n) is 9.24. The molecule has 0 aromatic heterocycles. The number of carbonyl (C=O) groups is 2. The highest BCUT2D eigenvalue weighted by molar-refractivity contribution is 6.42. The highest BCUT2D eigenvalue weighted by atomic mass is 35.5. The Balaban J connectivity index is 1.40. The number of rotatable bonds is 6. The average molecular weight is 421 g/mol. The van der Waals surface area contributed by atoms with Crippen molar-refractivity contribution in [2.24, 2.45) is 0 Å². The van der Waals surface area contributed by atoms with Crippen LogP contribution >= 0.6 is 23.2 Å². The second-order valence-corrected chi connectivity index (χ2v) is 7.49. The van der Waals surface area contributed by atoms with Gasteiger partial charge in [0.15, 0.2) is 0 Å². The number of halogens is 2. The molecule has 1 fully saturated rings. The summed E-state index contributed by atoms with van der Waals surface area (Å²) in [6.45, 7) is 1.51. The van der Waals surface area contributed by atoms with E-state index in [9.17, 15) is 9.59 Å². The minimum absolute atomic E-state index is 0.0369. The first-order valence-corrected chi connectivity index (χ1v) is 10.00. The molecule has 148 valence electrons. The third kappa shape index (κ3) is 5.63. The molecule has 0 bridgehead atoms. The number of piperidine rings is 1. The van der Waals surface area contributed by atoms with Crippen LogP contribution in [0.1, 0.15) is 29.6 Å². The van der Waals surface area contributed by atoms with Gasteiger partial charge in [0, 0.05) is 24.7 Å². The molecule has 0 spiro atoms. The summed E-state index contributed by atoms with van der Waals surface area (Å²) in [6, 6.07) is 14.4. The zero-order valence-electron chi connectivity index (χ0n) is 15.4. The maximum atomic E-state index is 12.6. The quantitative estimate of drug-likeness (QED) is 0.761. The van der Waals surface area contributed by atoms with Gasteiger partial charge in [0.25, 0.3) is 5.91 Å². The van der Waals surface area contributed by atoms with Gasteiger partial charge in [-0.1, -0.05) is 41.4 Å². The summed E-state index contributed by atoms with van der Waals surface area (Å²) >= 11 is 11.9. The first kappa shape index (κ1) is 20.5. The summed E-state index contributed by atoms with van der Waals surface area (Å²) in [6.07, 6.45) is 1.74. The summed E-state index contributed by atoms with van der Waals surface area (Å²) in [5.41, 5.74) is 0.523. The van der Waals surface area contributed by atoms with E-state index in [1.165, 1.54) is 0 Å². The van der Waals surface area contributed by atoms with E-state index in [0.29, 0.717) is 41.7 Å². The minimum atomic E-state index is -0.0698. The Morgan fingerprint density at radius 3 is 2.43 bits per heavy atom. The summed E-state index contributed by atoms with van der Waals surface area (Å²) in [4.78, 5) is 26.5. The van der Waals surface area contributed by atoms with E-state index in [1.807, 2.05) is 30.3 Å². The number of nitrogens with zero attached hydrogens (tertiary/aromatic N) is 1. The minimum Gasteiger partial charge on any atom is -0.493 e. The third-order valence-corrected chi connectivity index (χ3v) is 5.39. The van der Waals surface area contributed by atoms with Gasteiger partial charge in [-0.15, -0.1) is 0 Å². The Morgan fingerprint density at radius 1 is 1.04 bits per heavy atom. The van der Waals surface area contributed by atoms with Crippen LogP contribution in [-0.2, 0) is 4.79 Å². The van der Waals surface area contributed by atoms with E-state index in [-0.39, 0.29) is 17.9 Å². The predicted molar refractivity (Wildman–Crippen MR) is 110 cm³/mol. The summed E-state index contributed by atoms with van der Waals surface area (Å²) in [5.74, 6) is 0.647. The first-order chi connectivity index (χ1) is 13.5. The fraction of sp³-hybridized carbons (Fsp3) is 0.333. The molecule has 1 heterocycles. The van der Waals surface area contributed by atoms with Gasteiger partial charge in [0.1, 0.15) is 5.75 Å². The van der Waals surface area contributed by atoms with Crippen molar-refractivity contribution in [3.63, 3.8) is 0 Å². The molecule has 0 saturated carbocycles. The van der Waals surface area contributed by atoms with Crippen molar-refractivity contribution in [3.05, 3.63) is 64.1 Å². The van der Waals surface area contributed by atoms with E-state index in [1.54, 1.807) is 23.1 Å². The summed E-state index contributed by atoms with van der Waals surface area (Å²) in [7, 11) is 0. The molecule has 0 atom stereocenters. The molecule has 3 rings (SSSR count). The van der Waals surface area contributed by atoms with Crippen molar-refractivity contribution < 1.29 is 14.3 Å². The number of hydrogen-bond donors (Lipinski definition) is 1. The second-order valence-electron chi connectivity index (χ2n) is 6.67. The van der Waals surface area contributed by atoms with Gasteiger partial charge in [0.05, 0.1) is 23.1 Å². The number of amides is 2. The monoisotopic (exact) mass is 420 g/mol. The lowest BCUT2D eigenvalue weighted by molar-refractivity contribution is -0.122. The summed E-state index contributed by atoms with van der Waals surface area (Å²) in [5, 5.41) is 3.82. The zero-order valence-corrected chi connectivity index (χ0v) is 16.9. The maximum absolute atomic E-state index is 12.6. The standard InChI is InChI=1S/C21H22Cl2N2O3/c22-18-7-6-15(14-19(18)23)21(27)25-11-8-16(9-12-25)24-20(26)10-13-28-17-4-2-1-3-5-17/h1-7,14,16H,8-13H2,(H,24,26). The van der Waals surface area contributed by atoms with Crippen LogP contribution in [0.4, 0.5) is 0 Å². The smallest absolute Gasteiger partial charge is 0.253 e. The number of ether oxygens (including phenoxy) is 1. The van der Waals surface area contributed by atoms with Crippen LogP contribution in [-0.4, -0.2) is 42.5 Å². The zero-order chi connectivity index (χ0) is 19.9. The SMILES string of the molecule is O=C(CCOc1ccccc1)NC1CCN(C(=O)c2ccc(Cl)c(Cl)c2)CC1. The Kier molecular flexibility index (Phi) is 7.18. The van der Waals surface area contributed by atoms with E-state index >= 15 is 0 Å². The number of carbonyl (C=O) groups excluding carboxylic acids is 2. The van der Waals surface area contributed by atoms with Gasteiger partial charge in [-0.25, -0.2) is 0 Å². The summed E-state index contributed by atoms with van der Waals surface area (Å²) < 4.78 is 5.55. The molecule has 2 aromatic carbocycles. The predicted octanol–water partition coefficient (Wildman–Crippen LogP) is 4.18. The Morgan fingerprint density at radius 2 is 1.75 bits per heavy atom. The lowest BCUT2D eigenvalue weighted by Gasteiger charge is -2.32. The fourth-order valence-corrected chi connectivity index (χ4v) is 3.41. The molecule has 2 amide bonds. The molecule has 0 aliphatic carbocycles. The van der Waals surface area contributed by atoms with Crippen molar-refractivity contribution in [3.8, 4) is 5.75 Å². The number of nitrogens with one attached hydrogen (secondary N) is 1. The molecule has 28 heavy (non-hydrogen) atoms. The molecule has 0 radical (unpaired) electrons. The van der Waals surface area contributed by atoms with Crippen molar-refractivity contribution in [2.75, 3.05) is 19.7 Å². The van der Waals surface area contributed by atoms with Gasteiger partial charge in [-0.3, -0.25) is 9.59 Å². The van der Waals surface area contributed by atoms with Crippen LogP contribution in [0.2, 0.25) is 10.0 Å². The van der Waals surface area contributed by atoms with E-state index in [0.717, 1.165) is 18.6 Å². The molecule has 1 saturated heterocycles.